The Kier molecular flexibility index (Phi) is 3.69. The topological polar surface area (TPSA) is 55.1 Å². The average Bonchev–Trinajstić information content (AvgIpc) is 3.17. The molecule has 1 heterocycles. The van der Waals surface area contributed by atoms with Crippen LogP contribution in [0, 0.1) is 0 Å². The lowest BCUT2D eigenvalue weighted by molar-refractivity contribution is 0.0697. The summed E-state index contributed by atoms with van der Waals surface area (Å²) in [6, 6.07) is 5.23. The van der Waals surface area contributed by atoms with Crippen LogP contribution in [0.15, 0.2) is 18.2 Å². The van der Waals surface area contributed by atoms with E-state index in [1.807, 2.05) is 17.8 Å². The summed E-state index contributed by atoms with van der Waals surface area (Å²) >= 11 is 1.92. The molecule has 4 nitrogen and oxygen atoms in total. The first-order valence-corrected chi connectivity index (χ1v) is 8.58. The summed E-state index contributed by atoms with van der Waals surface area (Å²) in [5.41, 5.74) is 2.19. The standard InChI is InChI=1S/C16H20N2O2S/c1-3-4-14-17-12-6-5-11(15(19)20)9-13(12)18(14)10-16(21-2)7-8-16/h5-6,9H,3-4,7-8,10H2,1-2H3,(H,19,20). The number of benzene rings is 1. The smallest absolute Gasteiger partial charge is 0.335 e. The van der Waals surface area contributed by atoms with Crippen LogP contribution in [0.25, 0.3) is 11.0 Å². The molecule has 5 heteroatoms. The molecule has 112 valence electrons. The molecule has 21 heavy (non-hydrogen) atoms. The van der Waals surface area contributed by atoms with Gasteiger partial charge in [-0.15, -0.1) is 0 Å². The highest BCUT2D eigenvalue weighted by molar-refractivity contribution is 8.00. The van der Waals surface area contributed by atoms with Crippen LogP contribution < -0.4 is 0 Å². The lowest BCUT2D eigenvalue weighted by Gasteiger charge is -2.16. The lowest BCUT2D eigenvalue weighted by atomic mass is 10.2. The molecule has 1 aliphatic rings. The van der Waals surface area contributed by atoms with Crippen molar-refractivity contribution in [1.29, 1.82) is 0 Å². The van der Waals surface area contributed by atoms with E-state index >= 15 is 0 Å². The van der Waals surface area contributed by atoms with E-state index in [0.717, 1.165) is 36.2 Å². The number of imidazole rings is 1. The summed E-state index contributed by atoms with van der Waals surface area (Å²) < 4.78 is 2.57. The van der Waals surface area contributed by atoms with Gasteiger partial charge >= 0.3 is 5.97 Å². The van der Waals surface area contributed by atoms with Gasteiger partial charge < -0.3 is 9.67 Å². The zero-order valence-corrected chi connectivity index (χ0v) is 13.2. The number of hydrogen-bond acceptors (Lipinski definition) is 3. The largest absolute Gasteiger partial charge is 0.478 e. The first-order chi connectivity index (χ1) is 10.1. The van der Waals surface area contributed by atoms with Gasteiger partial charge in [0.15, 0.2) is 0 Å². The maximum atomic E-state index is 11.2. The number of carboxylic acids is 1. The number of aromatic carboxylic acids is 1. The maximum absolute atomic E-state index is 11.2. The second kappa shape index (κ2) is 5.37. The molecule has 1 N–H and O–H groups in total. The minimum absolute atomic E-state index is 0.329. The van der Waals surface area contributed by atoms with Crippen LogP contribution in [0.1, 0.15) is 42.4 Å². The van der Waals surface area contributed by atoms with Crippen molar-refractivity contribution in [2.75, 3.05) is 6.26 Å². The number of nitrogens with zero attached hydrogens (tertiary/aromatic N) is 2. The Labute approximate surface area is 128 Å². The highest BCUT2D eigenvalue weighted by atomic mass is 32.2. The molecule has 3 rings (SSSR count). The number of hydrogen-bond donors (Lipinski definition) is 1. The summed E-state index contributed by atoms with van der Waals surface area (Å²) in [7, 11) is 0. The fourth-order valence-corrected chi connectivity index (χ4v) is 3.52. The number of thioether (sulfide) groups is 1. The normalized spacial score (nSPS) is 16.3. The van der Waals surface area contributed by atoms with Gasteiger partial charge in [-0.3, -0.25) is 0 Å². The highest BCUT2D eigenvalue weighted by Crippen LogP contribution is 2.49. The van der Waals surface area contributed by atoms with Gasteiger partial charge in [0, 0.05) is 17.7 Å². The van der Waals surface area contributed by atoms with Crippen molar-refractivity contribution < 1.29 is 9.90 Å². The van der Waals surface area contributed by atoms with Gasteiger partial charge in [0.25, 0.3) is 0 Å². The lowest BCUT2D eigenvalue weighted by Crippen LogP contribution is -2.16. The highest BCUT2D eigenvalue weighted by Gasteiger charge is 2.42. The summed E-state index contributed by atoms with van der Waals surface area (Å²) in [4.78, 5) is 15.9. The minimum atomic E-state index is -0.882. The number of carbonyl (C=O) groups is 1. The Bertz CT molecular complexity index is 689. The molecule has 2 aromatic rings. The molecule has 0 spiro atoms. The van der Waals surface area contributed by atoms with Crippen LogP contribution in [0.4, 0.5) is 0 Å². The molecule has 0 amide bonds. The maximum Gasteiger partial charge on any atom is 0.335 e. The summed E-state index contributed by atoms with van der Waals surface area (Å²) in [5, 5.41) is 9.20. The molecule has 0 radical (unpaired) electrons. The molecule has 1 fully saturated rings. The van der Waals surface area contributed by atoms with E-state index in [1.165, 1.54) is 12.8 Å². The fraction of sp³-hybridized carbons (Fsp3) is 0.500. The van der Waals surface area contributed by atoms with Crippen LogP contribution >= 0.6 is 11.8 Å². The van der Waals surface area contributed by atoms with Crippen molar-refractivity contribution in [3.05, 3.63) is 29.6 Å². The molecular weight excluding hydrogens is 284 g/mol. The van der Waals surface area contributed by atoms with Crippen LogP contribution in [0.3, 0.4) is 0 Å². The van der Waals surface area contributed by atoms with Crippen molar-refractivity contribution in [1.82, 2.24) is 9.55 Å². The zero-order chi connectivity index (χ0) is 15.0. The third kappa shape index (κ3) is 2.67. The zero-order valence-electron chi connectivity index (χ0n) is 12.4. The van der Waals surface area contributed by atoms with Crippen LogP contribution in [-0.2, 0) is 13.0 Å². The molecule has 0 saturated heterocycles. The first-order valence-electron chi connectivity index (χ1n) is 7.36. The summed E-state index contributed by atoms with van der Waals surface area (Å²) in [6.07, 6.45) is 6.60. The molecule has 1 aromatic heterocycles. The number of carboxylic acid groups (broad SMARTS) is 1. The van der Waals surface area contributed by atoms with Gasteiger partial charge in [0.05, 0.1) is 16.6 Å². The van der Waals surface area contributed by atoms with Gasteiger partial charge in [-0.2, -0.15) is 11.8 Å². The molecule has 0 unspecified atom stereocenters. The number of aromatic nitrogens is 2. The van der Waals surface area contributed by atoms with E-state index in [4.69, 9.17) is 4.98 Å². The van der Waals surface area contributed by atoms with Gasteiger partial charge in [0.1, 0.15) is 5.82 Å². The molecule has 1 aromatic carbocycles. The van der Waals surface area contributed by atoms with E-state index in [0.29, 0.717) is 10.3 Å². The third-order valence-electron chi connectivity index (χ3n) is 4.23. The van der Waals surface area contributed by atoms with Gasteiger partial charge in [0.2, 0.25) is 0 Å². The fourth-order valence-electron chi connectivity index (χ4n) is 2.75. The van der Waals surface area contributed by atoms with Gasteiger partial charge in [-0.25, -0.2) is 9.78 Å². The molecule has 1 saturated carbocycles. The Morgan fingerprint density at radius 2 is 2.24 bits per heavy atom. The summed E-state index contributed by atoms with van der Waals surface area (Å²) in [6.45, 7) is 3.08. The minimum Gasteiger partial charge on any atom is -0.478 e. The van der Waals surface area contributed by atoms with E-state index in [1.54, 1.807) is 12.1 Å². The van der Waals surface area contributed by atoms with Crippen LogP contribution in [-0.4, -0.2) is 31.6 Å². The molecule has 0 aliphatic heterocycles. The van der Waals surface area contributed by atoms with Gasteiger partial charge in [-0.1, -0.05) is 6.92 Å². The second-order valence-electron chi connectivity index (χ2n) is 5.76. The van der Waals surface area contributed by atoms with Crippen LogP contribution in [0.5, 0.6) is 0 Å². The molecule has 0 bridgehead atoms. The SMILES string of the molecule is CCCc1nc2ccc(C(=O)O)cc2n1CC1(SC)CC1. The van der Waals surface area contributed by atoms with E-state index in [-0.39, 0.29) is 0 Å². The third-order valence-corrected chi connectivity index (χ3v) is 5.64. The van der Waals surface area contributed by atoms with Crippen molar-refractivity contribution in [3.63, 3.8) is 0 Å². The van der Waals surface area contributed by atoms with Crippen molar-refractivity contribution in [2.45, 2.75) is 43.9 Å². The molecule has 1 aliphatic carbocycles. The van der Waals surface area contributed by atoms with Crippen molar-refractivity contribution >= 4 is 28.8 Å². The Balaban J connectivity index is 2.09. The van der Waals surface area contributed by atoms with Crippen molar-refractivity contribution in [2.24, 2.45) is 0 Å². The van der Waals surface area contributed by atoms with E-state index in [2.05, 4.69) is 17.7 Å². The predicted molar refractivity (Wildman–Crippen MR) is 86.2 cm³/mol. The Hall–Kier alpha value is -1.49. The number of rotatable bonds is 6. The monoisotopic (exact) mass is 304 g/mol. The van der Waals surface area contributed by atoms with Gasteiger partial charge in [-0.05, 0) is 43.7 Å². The molecular formula is C16H20N2O2S. The van der Waals surface area contributed by atoms with Crippen LogP contribution in [0.2, 0.25) is 0 Å². The van der Waals surface area contributed by atoms with E-state index < -0.39 is 5.97 Å². The average molecular weight is 304 g/mol. The number of fused-ring (bicyclic) bond motifs is 1. The molecule has 0 atom stereocenters. The predicted octanol–water partition coefficient (Wildman–Crippen LogP) is 3.58. The summed E-state index contributed by atoms with van der Waals surface area (Å²) in [5.74, 6) is 0.197. The quantitative estimate of drug-likeness (QED) is 0.886. The number of aryl methyl sites for hydroxylation is 1. The Morgan fingerprint density at radius 1 is 1.48 bits per heavy atom. The van der Waals surface area contributed by atoms with Crippen molar-refractivity contribution in [3.8, 4) is 0 Å². The second-order valence-corrected chi connectivity index (χ2v) is 7.03. The first kappa shape index (κ1) is 14.4. The van der Waals surface area contributed by atoms with E-state index in [9.17, 15) is 9.90 Å². The Morgan fingerprint density at radius 3 is 2.81 bits per heavy atom.